The van der Waals surface area contributed by atoms with E-state index in [1.807, 2.05) is 35.9 Å². The van der Waals surface area contributed by atoms with Gasteiger partial charge in [-0.2, -0.15) is 0 Å². The number of hydrogen-bond acceptors (Lipinski definition) is 3. The smallest absolute Gasteiger partial charge is 0.158 e. The molecule has 0 fully saturated rings. The second kappa shape index (κ2) is 3.14. The Kier molecular flexibility index (Phi) is 1.96. The van der Waals surface area contributed by atoms with Crippen LogP contribution in [0, 0.1) is 0 Å². The van der Waals surface area contributed by atoms with Gasteiger partial charge in [0.25, 0.3) is 0 Å². The normalized spacial score (nSPS) is 12.3. The van der Waals surface area contributed by atoms with Crippen LogP contribution in [0.5, 0.6) is 0 Å². The average Bonchev–Trinajstić information content (AvgIpc) is 2.56. The van der Waals surface area contributed by atoms with Crippen LogP contribution >= 0.6 is 0 Å². The maximum Gasteiger partial charge on any atom is 0.158 e. The molecule has 0 radical (unpaired) electrons. The lowest BCUT2D eigenvalue weighted by atomic mass is 10.3. The number of oxime groups is 1. The standard InChI is InChI=1S/C10H11N3O/c1-7(12-14)10-11-8-5-3-4-6-9(8)13(10)2/h3-6,14H,1-2H3/b12-7+. The molecule has 0 aliphatic carbocycles. The van der Waals surface area contributed by atoms with E-state index < -0.39 is 0 Å². The van der Waals surface area contributed by atoms with E-state index in [1.165, 1.54) is 0 Å². The summed E-state index contributed by atoms with van der Waals surface area (Å²) in [6.07, 6.45) is 0. The minimum atomic E-state index is 0.517. The highest BCUT2D eigenvalue weighted by Gasteiger charge is 2.09. The summed E-state index contributed by atoms with van der Waals surface area (Å²) in [6, 6.07) is 7.81. The third-order valence-electron chi connectivity index (χ3n) is 2.26. The van der Waals surface area contributed by atoms with Crippen molar-refractivity contribution in [1.82, 2.24) is 9.55 Å². The number of rotatable bonds is 1. The van der Waals surface area contributed by atoms with Crippen molar-refractivity contribution in [1.29, 1.82) is 0 Å². The topological polar surface area (TPSA) is 50.4 Å². The van der Waals surface area contributed by atoms with E-state index in [-0.39, 0.29) is 0 Å². The van der Waals surface area contributed by atoms with Gasteiger partial charge in [-0.3, -0.25) is 0 Å². The van der Waals surface area contributed by atoms with Crippen molar-refractivity contribution in [3.8, 4) is 0 Å². The monoisotopic (exact) mass is 189 g/mol. The molecule has 0 spiro atoms. The first-order chi connectivity index (χ1) is 6.74. The fraction of sp³-hybridized carbons (Fsp3) is 0.200. The lowest BCUT2D eigenvalue weighted by Crippen LogP contribution is -2.04. The Labute approximate surface area is 81.5 Å². The van der Waals surface area contributed by atoms with Crippen molar-refractivity contribution in [3.05, 3.63) is 30.1 Å². The lowest BCUT2D eigenvalue weighted by molar-refractivity contribution is 0.318. The summed E-state index contributed by atoms with van der Waals surface area (Å²) >= 11 is 0. The van der Waals surface area contributed by atoms with E-state index >= 15 is 0 Å². The molecular formula is C10H11N3O. The second-order valence-corrected chi connectivity index (χ2v) is 3.17. The fourth-order valence-corrected chi connectivity index (χ4v) is 1.51. The maximum atomic E-state index is 8.67. The zero-order valence-electron chi connectivity index (χ0n) is 8.10. The number of hydrogen-bond donors (Lipinski definition) is 1. The number of imidazole rings is 1. The molecule has 0 atom stereocenters. The molecule has 1 aromatic heterocycles. The molecule has 0 amide bonds. The van der Waals surface area contributed by atoms with Crippen LogP contribution < -0.4 is 0 Å². The summed E-state index contributed by atoms with van der Waals surface area (Å²) in [7, 11) is 1.90. The Morgan fingerprint density at radius 1 is 1.43 bits per heavy atom. The van der Waals surface area contributed by atoms with Gasteiger partial charge in [-0.05, 0) is 19.1 Å². The highest BCUT2D eigenvalue weighted by molar-refractivity contribution is 5.98. The first-order valence-corrected chi connectivity index (χ1v) is 4.34. The van der Waals surface area contributed by atoms with Gasteiger partial charge < -0.3 is 9.77 Å². The molecule has 2 aromatic rings. The van der Waals surface area contributed by atoms with Crippen LogP contribution in [0.1, 0.15) is 12.7 Å². The first kappa shape index (κ1) is 8.74. The molecule has 0 saturated carbocycles. The molecule has 72 valence electrons. The van der Waals surface area contributed by atoms with Crippen molar-refractivity contribution >= 4 is 16.7 Å². The van der Waals surface area contributed by atoms with Crippen molar-refractivity contribution < 1.29 is 5.21 Å². The summed E-state index contributed by atoms with van der Waals surface area (Å²) in [5, 5.41) is 11.8. The summed E-state index contributed by atoms with van der Waals surface area (Å²) in [4.78, 5) is 4.36. The number of para-hydroxylation sites is 2. The third-order valence-corrected chi connectivity index (χ3v) is 2.26. The Morgan fingerprint density at radius 2 is 2.14 bits per heavy atom. The van der Waals surface area contributed by atoms with E-state index in [1.54, 1.807) is 6.92 Å². The van der Waals surface area contributed by atoms with E-state index in [2.05, 4.69) is 10.1 Å². The van der Waals surface area contributed by atoms with Gasteiger partial charge in [0.2, 0.25) is 0 Å². The number of fused-ring (bicyclic) bond motifs is 1. The van der Waals surface area contributed by atoms with Gasteiger partial charge in [-0.1, -0.05) is 17.3 Å². The SMILES string of the molecule is C/C(=N\O)c1nc2ccccc2n1C. The van der Waals surface area contributed by atoms with Crippen LogP contribution in [-0.4, -0.2) is 20.5 Å². The van der Waals surface area contributed by atoms with Crippen molar-refractivity contribution in [2.24, 2.45) is 12.2 Å². The molecule has 4 heteroatoms. The minimum Gasteiger partial charge on any atom is -0.411 e. The maximum absolute atomic E-state index is 8.67. The van der Waals surface area contributed by atoms with E-state index in [9.17, 15) is 0 Å². The highest BCUT2D eigenvalue weighted by atomic mass is 16.4. The quantitative estimate of drug-likeness (QED) is 0.422. The average molecular weight is 189 g/mol. The molecule has 2 rings (SSSR count). The molecule has 14 heavy (non-hydrogen) atoms. The molecule has 4 nitrogen and oxygen atoms in total. The van der Waals surface area contributed by atoms with E-state index in [0.717, 1.165) is 11.0 Å². The van der Waals surface area contributed by atoms with Crippen LogP contribution in [0.15, 0.2) is 29.4 Å². The molecule has 1 heterocycles. The zero-order valence-corrected chi connectivity index (χ0v) is 8.10. The van der Waals surface area contributed by atoms with Crippen LogP contribution in [0.4, 0.5) is 0 Å². The van der Waals surface area contributed by atoms with Gasteiger partial charge in [0, 0.05) is 7.05 Å². The minimum absolute atomic E-state index is 0.517. The lowest BCUT2D eigenvalue weighted by Gasteiger charge is -1.98. The summed E-state index contributed by atoms with van der Waals surface area (Å²) in [6.45, 7) is 1.72. The van der Waals surface area contributed by atoms with Gasteiger partial charge >= 0.3 is 0 Å². The fourth-order valence-electron chi connectivity index (χ4n) is 1.51. The van der Waals surface area contributed by atoms with Crippen LogP contribution in [0.25, 0.3) is 11.0 Å². The first-order valence-electron chi connectivity index (χ1n) is 4.34. The molecule has 0 bridgehead atoms. The summed E-state index contributed by atoms with van der Waals surface area (Å²) in [5.74, 6) is 0.689. The molecule has 0 unspecified atom stereocenters. The number of aromatic nitrogens is 2. The second-order valence-electron chi connectivity index (χ2n) is 3.17. The molecule has 0 saturated heterocycles. The predicted molar refractivity (Wildman–Crippen MR) is 54.7 cm³/mol. The van der Waals surface area contributed by atoms with Crippen LogP contribution in [0.2, 0.25) is 0 Å². The summed E-state index contributed by atoms with van der Waals surface area (Å²) < 4.78 is 1.91. The molecular weight excluding hydrogens is 178 g/mol. The van der Waals surface area contributed by atoms with Gasteiger partial charge in [0.05, 0.1) is 11.0 Å². The van der Waals surface area contributed by atoms with Gasteiger partial charge in [0.15, 0.2) is 5.82 Å². The van der Waals surface area contributed by atoms with Crippen LogP contribution in [-0.2, 0) is 7.05 Å². The molecule has 1 aromatic carbocycles. The molecule has 0 aliphatic heterocycles. The van der Waals surface area contributed by atoms with Crippen molar-refractivity contribution in [2.75, 3.05) is 0 Å². The van der Waals surface area contributed by atoms with Gasteiger partial charge in [-0.15, -0.1) is 0 Å². The third kappa shape index (κ3) is 1.16. The molecule has 1 N–H and O–H groups in total. The van der Waals surface area contributed by atoms with Crippen LogP contribution in [0.3, 0.4) is 0 Å². The number of benzene rings is 1. The van der Waals surface area contributed by atoms with Crippen molar-refractivity contribution in [3.63, 3.8) is 0 Å². The highest BCUT2D eigenvalue weighted by Crippen LogP contribution is 2.14. The zero-order chi connectivity index (χ0) is 10.1. The number of nitrogens with zero attached hydrogens (tertiary/aromatic N) is 3. The van der Waals surface area contributed by atoms with E-state index in [4.69, 9.17) is 5.21 Å². The molecule has 0 aliphatic rings. The largest absolute Gasteiger partial charge is 0.411 e. The van der Waals surface area contributed by atoms with E-state index in [0.29, 0.717) is 11.5 Å². The Bertz CT molecular complexity index is 499. The Morgan fingerprint density at radius 3 is 2.79 bits per heavy atom. The Hall–Kier alpha value is -1.84. The van der Waals surface area contributed by atoms with Gasteiger partial charge in [-0.25, -0.2) is 4.98 Å². The van der Waals surface area contributed by atoms with Gasteiger partial charge in [0.1, 0.15) is 5.71 Å². The Balaban J connectivity index is 2.75. The summed E-state index contributed by atoms with van der Waals surface area (Å²) in [5.41, 5.74) is 2.46. The number of aryl methyl sites for hydroxylation is 1. The van der Waals surface area contributed by atoms with Crippen molar-refractivity contribution in [2.45, 2.75) is 6.92 Å². The predicted octanol–water partition coefficient (Wildman–Crippen LogP) is 1.77.